The molecule has 1 aliphatic carbocycles. The zero-order valence-corrected chi connectivity index (χ0v) is 15.4. The van der Waals surface area contributed by atoms with Crippen LogP contribution in [-0.2, 0) is 0 Å². The maximum atomic E-state index is 3.81. The predicted octanol–water partition coefficient (Wildman–Crippen LogP) is 6.08. The van der Waals surface area contributed by atoms with Gasteiger partial charge in [-0.15, -0.1) is 0 Å². The van der Waals surface area contributed by atoms with Crippen molar-refractivity contribution in [3.05, 3.63) is 33.3 Å². The van der Waals surface area contributed by atoms with Gasteiger partial charge in [-0.25, -0.2) is 0 Å². The molecule has 0 saturated heterocycles. The molecule has 2 rings (SSSR count). The molecular weight excluding hydrogens is 322 g/mol. The first-order valence-electron chi connectivity index (χ1n) is 8.61. The first kappa shape index (κ1) is 17.0. The lowest BCUT2D eigenvalue weighted by Crippen LogP contribution is -2.26. The Morgan fingerprint density at radius 1 is 1.14 bits per heavy atom. The van der Waals surface area contributed by atoms with Crippen LogP contribution >= 0.6 is 15.9 Å². The lowest BCUT2D eigenvalue weighted by atomic mass is 9.82. The van der Waals surface area contributed by atoms with E-state index in [0.29, 0.717) is 6.04 Å². The monoisotopic (exact) mass is 351 g/mol. The lowest BCUT2D eigenvalue weighted by molar-refractivity contribution is 0.299. The molecule has 1 fully saturated rings. The maximum Gasteiger partial charge on any atom is 0.0325 e. The number of hydrogen-bond donors (Lipinski definition) is 1. The number of benzene rings is 1. The molecule has 1 aromatic carbocycles. The molecule has 1 aliphatic rings. The Balaban J connectivity index is 2.16. The fraction of sp³-hybridized carbons (Fsp3) is 0.684. The van der Waals surface area contributed by atoms with Gasteiger partial charge in [0.15, 0.2) is 0 Å². The van der Waals surface area contributed by atoms with Gasteiger partial charge in [-0.2, -0.15) is 0 Å². The third-order valence-corrected chi connectivity index (χ3v) is 5.71. The van der Waals surface area contributed by atoms with E-state index >= 15 is 0 Å². The summed E-state index contributed by atoms with van der Waals surface area (Å²) in [6.07, 6.45) is 9.68. The van der Waals surface area contributed by atoms with Crippen molar-refractivity contribution in [2.24, 2.45) is 5.92 Å². The van der Waals surface area contributed by atoms with Crippen LogP contribution in [0.4, 0.5) is 0 Å². The summed E-state index contributed by atoms with van der Waals surface area (Å²) in [5.74, 6) is 0.913. The number of aryl methyl sites for hydroxylation is 2. The highest BCUT2D eigenvalue weighted by Gasteiger charge is 2.21. The van der Waals surface area contributed by atoms with Gasteiger partial charge in [-0.1, -0.05) is 61.0 Å². The fourth-order valence-corrected chi connectivity index (χ4v) is 4.03. The summed E-state index contributed by atoms with van der Waals surface area (Å²) < 4.78 is 1.23. The lowest BCUT2D eigenvalue weighted by Gasteiger charge is -2.29. The Morgan fingerprint density at radius 2 is 1.86 bits per heavy atom. The van der Waals surface area contributed by atoms with Crippen molar-refractivity contribution < 1.29 is 0 Å². The Hall–Kier alpha value is -0.340. The normalized spacial score (nSPS) is 17.9. The molecule has 21 heavy (non-hydrogen) atoms. The summed E-state index contributed by atoms with van der Waals surface area (Å²) in [6.45, 7) is 7.82. The summed E-state index contributed by atoms with van der Waals surface area (Å²) in [4.78, 5) is 0. The van der Waals surface area contributed by atoms with Gasteiger partial charge in [-0.3, -0.25) is 0 Å². The molecule has 118 valence electrons. The molecule has 0 amide bonds. The van der Waals surface area contributed by atoms with Crippen LogP contribution in [0.15, 0.2) is 16.6 Å². The molecule has 1 unspecified atom stereocenters. The summed E-state index contributed by atoms with van der Waals surface area (Å²) >= 11 is 3.66. The van der Waals surface area contributed by atoms with Crippen LogP contribution < -0.4 is 5.32 Å². The van der Waals surface area contributed by atoms with E-state index in [2.05, 4.69) is 54.2 Å². The van der Waals surface area contributed by atoms with Crippen LogP contribution in [0.5, 0.6) is 0 Å². The Labute approximate surface area is 139 Å². The molecule has 0 spiro atoms. The highest BCUT2D eigenvalue weighted by molar-refractivity contribution is 9.10. The molecule has 2 heteroatoms. The van der Waals surface area contributed by atoms with Crippen molar-refractivity contribution in [2.45, 2.75) is 71.8 Å². The second-order valence-corrected chi connectivity index (χ2v) is 7.56. The summed E-state index contributed by atoms with van der Waals surface area (Å²) in [5, 5.41) is 3.81. The third-order valence-electron chi connectivity index (χ3n) is 4.86. The van der Waals surface area contributed by atoms with Crippen LogP contribution in [0.3, 0.4) is 0 Å². The van der Waals surface area contributed by atoms with E-state index in [1.807, 2.05) is 0 Å². The number of halogens is 1. The minimum Gasteiger partial charge on any atom is -0.310 e. The molecule has 1 aromatic rings. The molecule has 0 bridgehead atoms. The van der Waals surface area contributed by atoms with Gasteiger partial charge >= 0.3 is 0 Å². The van der Waals surface area contributed by atoms with Crippen LogP contribution in [0.25, 0.3) is 0 Å². The first-order chi connectivity index (χ1) is 10.1. The number of nitrogens with one attached hydrogen (secondary N) is 1. The smallest absolute Gasteiger partial charge is 0.0325 e. The zero-order valence-electron chi connectivity index (χ0n) is 13.8. The average molecular weight is 352 g/mol. The van der Waals surface area contributed by atoms with E-state index in [1.54, 1.807) is 0 Å². The predicted molar refractivity (Wildman–Crippen MR) is 95.8 cm³/mol. The first-order valence-corrected chi connectivity index (χ1v) is 9.41. The van der Waals surface area contributed by atoms with Crippen molar-refractivity contribution in [1.82, 2.24) is 5.32 Å². The van der Waals surface area contributed by atoms with Gasteiger partial charge in [0.05, 0.1) is 0 Å². The summed E-state index contributed by atoms with van der Waals surface area (Å²) in [6, 6.07) is 5.20. The Morgan fingerprint density at radius 3 is 2.52 bits per heavy atom. The molecule has 0 radical (unpaired) electrons. The van der Waals surface area contributed by atoms with Crippen molar-refractivity contribution in [3.8, 4) is 0 Å². The third kappa shape index (κ3) is 4.82. The van der Waals surface area contributed by atoms with E-state index in [4.69, 9.17) is 0 Å². The SMILES string of the molecule is CCCNC(CC1CCCCC1)c1cc(C)c(Br)cc1C. The number of hydrogen-bond acceptors (Lipinski definition) is 1. The molecule has 1 nitrogen and oxygen atoms in total. The van der Waals surface area contributed by atoms with Crippen LogP contribution in [0.2, 0.25) is 0 Å². The van der Waals surface area contributed by atoms with E-state index in [-0.39, 0.29) is 0 Å². The minimum atomic E-state index is 0.528. The van der Waals surface area contributed by atoms with Crippen LogP contribution in [0, 0.1) is 19.8 Å². The van der Waals surface area contributed by atoms with E-state index in [0.717, 1.165) is 12.5 Å². The molecule has 1 atom stereocenters. The van der Waals surface area contributed by atoms with Crippen LogP contribution in [0.1, 0.15) is 74.6 Å². The Kier molecular flexibility index (Phi) is 6.75. The fourth-order valence-electron chi connectivity index (χ4n) is 3.57. The minimum absolute atomic E-state index is 0.528. The molecule has 0 aromatic heterocycles. The Bertz CT molecular complexity index is 449. The van der Waals surface area contributed by atoms with Gasteiger partial charge < -0.3 is 5.32 Å². The van der Waals surface area contributed by atoms with Crippen molar-refractivity contribution in [2.75, 3.05) is 6.54 Å². The topological polar surface area (TPSA) is 12.0 Å². The highest BCUT2D eigenvalue weighted by atomic mass is 79.9. The van der Waals surface area contributed by atoms with E-state index in [1.165, 1.54) is 66.1 Å². The average Bonchev–Trinajstić information content (AvgIpc) is 2.48. The standard InChI is InChI=1S/C19H30BrN/c1-4-10-21-19(13-16-8-6-5-7-9-16)17-11-15(3)18(20)12-14(17)2/h11-12,16,19,21H,4-10,13H2,1-3H3. The number of rotatable bonds is 6. The molecule has 1 saturated carbocycles. The van der Waals surface area contributed by atoms with Crippen molar-refractivity contribution in [3.63, 3.8) is 0 Å². The second-order valence-electron chi connectivity index (χ2n) is 6.70. The summed E-state index contributed by atoms with van der Waals surface area (Å²) in [5.41, 5.74) is 4.27. The van der Waals surface area contributed by atoms with Crippen LogP contribution in [-0.4, -0.2) is 6.54 Å². The molecule has 1 N–H and O–H groups in total. The highest BCUT2D eigenvalue weighted by Crippen LogP contribution is 2.34. The van der Waals surface area contributed by atoms with E-state index in [9.17, 15) is 0 Å². The molecule has 0 aliphatic heterocycles. The van der Waals surface area contributed by atoms with Gasteiger partial charge in [-0.05, 0) is 61.9 Å². The van der Waals surface area contributed by atoms with Gasteiger partial charge in [0.1, 0.15) is 0 Å². The second kappa shape index (κ2) is 8.33. The molecular formula is C19H30BrN. The quantitative estimate of drug-likeness (QED) is 0.654. The van der Waals surface area contributed by atoms with Crippen molar-refractivity contribution >= 4 is 15.9 Å². The van der Waals surface area contributed by atoms with E-state index < -0.39 is 0 Å². The molecule has 0 heterocycles. The van der Waals surface area contributed by atoms with Crippen molar-refractivity contribution in [1.29, 1.82) is 0 Å². The van der Waals surface area contributed by atoms with Gasteiger partial charge in [0, 0.05) is 10.5 Å². The zero-order chi connectivity index (χ0) is 15.2. The van der Waals surface area contributed by atoms with Gasteiger partial charge in [0.2, 0.25) is 0 Å². The summed E-state index contributed by atoms with van der Waals surface area (Å²) in [7, 11) is 0. The van der Waals surface area contributed by atoms with Gasteiger partial charge in [0.25, 0.3) is 0 Å². The maximum absolute atomic E-state index is 3.81. The largest absolute Gasteiger partial charge is 0.310 e.